The quantitative estimate of drug-likeness (QED) is 0.761. The summed E-state index contributed by atoms with van der Waals surface area (Å²) in [5, 5.41) is 0. The molecule has 0 N–H and O–H groups in total. The maximum atomic E-state index is 12.7. The first-order valence-corrected chi connectivity index (χ1v) is 9.18. The minimum atomic E-state index is -0.0350. The van der Waals surface area contributed by atoms with E-state index in [1.165, 1.54) is 16.8 Å². The first-order valence-electron chi connectivity index (χ1n) is 9.18. The molecule has 1 heterocycles. The van der Waals surface area contributed by atoms with Gasteiger partial charge in [0.2, 0.25) is 6.41 Å². The summed E-state index contributed by atoms with van der Waals surface area (Å²) in [6.07, 6.45) is 4.59. The number of anilines is 2. The lowest BCUT2D eigenvalue weighted by atomic mass is 10.1. The van der Waals surface area contributed by atoms with E-state index in [1.807, 2.05) is 19.3 Å². The Balaban J connectivity index is 1.71. The van der Waals surface area contributed by atoms with Crippen LogP contribution in [0, 0.1) is 13.8 Å². The summed E-state index contributed by atoms with van der Waals surface area (Å²) in [7, 11) is 0. The van der Waals surface area contributed by atoms with Gasteiger partial charge in [0.05, 0.1) is 0 Å². The summed E-state index contributed by atoms with van der Waals surface area (Å²) in [6, 6.07) is 13.6. The number of nitrogens with zero attached hydrogens (tertiary/aromatic N) is 3. The molecule has 1 aliphatic rings. The second kappa shape index (κ2) is 8.08. The van der Waals surface area contributed by atoms with E-state index in [4.69, 9.17) is 0 Å². The monoisotopic (exact) mass is 363 g/mol. The highest BCUT2D eigenvalue weighted by atomic mass is 16.2. The molecule has 1 aliphatic heterocycles. The van der Waals surface area contributed by atoms with Crippen molar-refractivity contribution in [2.45, 2.75) is 20.8 Å². The molecule has 5 nitrogen and oxygen atoms in total. The molecule has 2 aromatic rings. The zero-order chi connectivity index (χ0) is 19.4. The number of hydrogen-bond donors (Lipinski definition) is 0. The van der Waals surface area contributed by atoms with E-state index in [-0.39, 0.29) is 5.91 Å². The Hall–Kier alpha value is -3.08. The predicted octanol–water partition coefficient (Wildman–Crippen LogP) is 3.72. The van der Waals surface area contributed by atoms with Gasteiger partial charge in [0, 0.05) is 49.0 Å². The van der Waals surface area contributed by atoms with Crippen LogP contribution in [-0.4, -0.2) is 36.9 Å². The molecule has 0 saturated carbocycles. The van der Waals surface area contributed by atoms with Crippen molar-refractivity contribution in [3.8, 4) is 0 Å². The normalized spacial score (nSPS) is 13.6. The number of aryl methyl sites for hydroxylation is 2. The summed E-state index contributed by atoms with van der Waals surface area (Å²) >= 11 is 0. The highest BCUT2D eigenvalue weighted by molar-refractivity contribution is 5.95. The fourth-order valence-corrected chi connectivity index (χ4v) is 3.30. The van der Waals surface area contributed by atoms with Crippen LogP contribution in [-0.2, 0) is 4.79 Å². The first-order chi connectivity index (χ1) is 13.0. The van der Waals surface area contributed by atoms with E-state index < -0.39 is 0 Å². The van der Waals surface area contributed by atoms with Crippen molar-refractivity contribution >= 4 is 23.7 Å². The number of benzene rings is 2. The van der Waals surface area contributed by atoms with Crippen LogP contribution >= 0.6 is 0 Å². The Bertz CT molecular complexity index is 858. The summed E-state index contributed by atoms with van der Waals surface area (Å²) < 4.78 is 0. The molecule has 0 spiro atoms. The fourth-order valence-electron chi connectivity index (χ4n) is 3.30. The van der Waals surface area contributed by atoms with E-state index in [1.54, 1.807) is 34.1 Å². The molecule has 140 valence electrons. The Morgan fingerprint density at radius 1 is 1.07 bits per heavy atom. The van der Waals surface area contributed by atoms with Gasteiger partial charge >= 0.3 is 0 Å². The predicted molar refractivity (Wildman–Crippen MR) is 109 cm³/mol. The van der Waals surface area contributed by atoms with E-state index in [2.05, 4.69) is 36.9 Å². The molecule has 0 saturated heterocycles. The van der Waals surface area contributed by atoms with Gasteiger partial charge in [-0.3, -0.25) is 9.59 Å². The second-order valence-electron chi connectivity index (χ2n) is 6.72. The lowest BCUT2D eigenvalue weighted by molar-refractivity contribution is -0.107. The van der Waals surface area contributed by atoms with Crippen LogP contribution in [0.25, 0.3) is 0 Å². The van der Waals surface area contributed by atoms with Crippen molar-refractivity contribution in [3.63, 3.8) is 0 Å². The van der Waals surface area contributed by atoms with E-state index in [9.17, 15) is 9.59 Å². The zero-order valence-electron chi connectivity index (χ0n) is 16.1. The van der Waals surface area contributed by atoms with Gasteiger partial charge in [-0.1, -0.05) is 17.7 Å². The van der Waals surface area contributed by atoms with E-state index >= 15 is 0 Å². The molecule has 0 radical (unpaired) electrons. The topological polar surface area (TPSA) is 43.9 Å². The SMILES string of the molecule is CCN(C=O)c1ccc(C(=O)N2C=CN(c3ccc(C)cc3C)CC2)cc1. The number of carbonyl (C=O) groups is 2. The molecular formula is C22H25N3O2. The van der Waals surface area contributed by atoms with Gasteiger partial charge in [-0.2, -0.15) is 0 Å². The van der Waals surface area contributed by atoms with Crippen LogP contribution in [0.15, 0.2) is 54.9 Å². The van der Waals surface area contributed by atoms with Crippen LogP contribution in [0.2, 0.25) is 0 Å². The van der Waals surface area contributed by atoms with Gasteiger partial charge in [0.15, 0.2) is 0 Å². The van der Waals surface area contributed by atoms with Crippen molar-refractivity contribution in [1.29, 1.82) is 0 Å². The molecule has 5 heteroatoms. The smallest absolute Gasteiger partial charge is 0.257 e. The minimum absolute atomic E-state index is 0.0350. The van der Waals surface area contributed by atoms with Gasteiger partial charge < -0.3 is 14.7 Å². The van der Waals surface area contributed by atoms with Crippen LogP contribution in [0.3, 0.4) is 0 Å². The Kier molecular flexibility index (Phi) is 5.60. The van der Waals surface area contributed by atoms with Gasteiger partial charge in [-0.05, 0) is 56.7 Å². The lowest BCUT2D eigenvalue weighted by Crippen LogP contribution is -2.38. The Morgan fingerprint density at radius 2 is 1.81 bits per heavy atom. The maximum absolute atomic E-state index is 12.7. The highest BCUT2D eigenvalue weighted by Crippen LogP contribution is 2.24. The van der Waals surface area contributed by atoms with E-state index in [0.717, 1.165) is 18.6 Å². The van der Waals surface area contributed by atoms with Gasteiger partial charge in [-0.15, -0.1) is 0 Å². The largest absolute Gasteiger partial charge is 0.345 e. The summed E-state index contributed by atoms with van der Waals surface area (Å²) in [5.74, 6) is -0.0350. The van der Waals surface area contributed by atoms with Gasteiger partial charge in [0.1, 0.15) is 0 Å². The third-order valence-electron chi connectivity index (χ3n) is 4.84. The number of hydrogen-bond acceptors (Lipinski definition) is 3. The highest BCUT2D eigenvalue weighted by Gasteiger charge is 2.19. The fraction of sp³-hybridized carbons (Fsp3) is 0.273. The van der Waals surface area contributed by atoms with Gasteiger partial charge in [0.25, 0.3) is 5.91 Å². The molecule has 0 aromatic heterocycles. The van der Waals surface area contributed by atoms with E-state index in [0.29, 0.717) is 18.7 Å². The summed E-state index contributed by atoms with van der Waals surface area (Å²) in [6.45, 7) is 8.07. The summed E-state index contributed by atoms with van der Waals surface area (Å²) in [4.78, 5) is 29.3. The third-order valence-corrected chi connectivity index (χ3v) is 4.84. The first kappa shape index (κ1) is 18.7. The van der Waals surface area contributed by atoms with Crippen LogP contribution < -0.4 is 9.80 Å². The molecule has 0 fully saturated rings. The van der Waals surface area contributed by atoms with Crippen molar-refractivity contribution in [2.24, 2.45) is 0 Å². The van der Waals surface area contributed by atoms with Crippen molar-refractivity contribution < 1.29 is 9.59 Å². The average molecular weight is 363 g/mol. The molecule has 2 aromatic carbocycles. The van der Waals surface area contributed by atoms with Crippen molar-refractivity contribution in [1.82, 2.24) is 4.90 Å². The lowest BCUT2D eigenvalue weighted by Gasteiger charge is -2.31. The molecule has 0 aliphatic carbocycles. The molecule has 0 atom stereocenters. The molecule has 2 amide bonds. The van der Waals surface area contributed by atoms with Crippen LogP contribution in [0.5, 0.6) is 0 Å². The van der Waals surface area contributed by atoms with Crippen molar-refractivity contribution in [3.05, 3.63) is 71.6 Å². The molecule has 27 heavy (non-hydrogen) atoms. The minimum Gasteiger partial charge on any atom is -0.345 e. The number of amides is 2. The number of rotatable bonds is 5. The molecule has 3 rings (SSSR count). The Labute approximate surface area is 160 Å². The Morgan fingerprint density at radius 3 is 2.37 bits per heavy atom. The van der Waals surface area contributed by atoms with Crippen LogP contribution in [0.4, 0.5) is 11.4 Å². The van der Waals surface area contributed by atoms with Gasteiger partial charge in [-0.25, -0.2) is 0 Å². The molecule has 0 bridgehead atoms. The van der Waals surface area contributed by atoms with Crippen molar-refractivity contribution in [2.75, 3.05) is 29.4 Å². The molecular weight excluding hydrogens is 338 g/mol. The summed E-state index contributed by atoms with van der Waals surface area (Å²) in [5.41, 5.74) is 5.05. The molecule has 0 unspecified atom stereocenters. The standard InChI is InChI=1S/C22H25N3O2/c1-4-23(16-26)20-8-6-19(7-9-20)22(27)25-13-11-24(12-14-25)21-10-5-17(2)15-18(21)3/h5-11,13,15-16H,4,12,14H2,1-3H3. The third kappa shape index (κ3) is 4.03. The average Bonchev–Trinajstić information content (AvgIpc) is 2.69. The maximum Gasteiger partial charge on any atom is 0.257 e. The number of carbonyl (C=O) groups excluding carboxylic acids is 2. The van der Waals surface area contributed by atoms with Crippen LogP contribution in [0.1, 0.15) is 28.4 Å². The second-order valence-corrected chi connectivity index (χ2v) is 6.72. The zero-order valence-corrected chi connectivity index (χ0v) is 16.1.